The maximum Gasteiger partial charge on any atom is 0.378 e. The molecule has 90 valence electrons. The van der Waals surface area contributed by atoms with Gasteiger partial charge in [-0.15, -0.1) is 16.4 Å². The largest absolute Gasteiger partial charge is 0.496 e. The fourth-order valence-electron chi connectivity index (χ4n) is 1.21. The lowest BCUT2D eigenvalue weighted by Crippen LogP contribution is -2.06. The molecule has 0 aliphatic rings. The van der Waals surface area contributed by atoms with E-state index >= 15 is 0 Å². The van der Waals surface area contributed by atoms with Gasteiger partial charge < -0.3 is 9.47 Å². The SMILES string of the molecule is CCOC(=O)c1n[nH]c(-c2cc(OC)cs2)n1. The van der Waals surface area contributed by atoms with Crippen LogP contribution in [-0.4, -0.2) is 34.9 Å². The number of ether oxygens (including phenoxy) is 2. The number of rotatable bonds is 4. The number of aromatic nitrogens is 3. The Labute approximate surface area is 102 Å². The van der Waals surface area contributed by atoms with E-state index in [0.717, 1.165) is 10.6 Å². The van der Waals surface area contributed by atoms with Gasteiger partial charge in [-0.25, -0.2) is 9.78 Å². The van der Waals surface area contributed by atoms with Gasteiger partial charge in [-0.2, -0.15) is 0 Å². The highest BCUT2D eigenvalue weighted by molar-refractivity contribution is 7.13. The quantitative estimate of drug-likeness (QED) is 0.839. The van der Waals surface area contributed by atoms with Crippen molar-refractivity contribution >= 4 is 17.3 Å². The Morgan fingerprint density at radius 1 is 1.59 bits per heavy atom. The molecular formula is C10H11N3O3S. The van der Waals surface area contributed by atoms with Gasteiger partial charge in [0.25, 0.3) is 5.82 Å². The molecule has 0 unspecified atom stereocenters. The number of methoxy groups -OCH3 is 1. The number of thiophene rings is 1. The van der Waals surface area contributed by atoms with Crippen molar-refractivity contribution in [2.75, 3.05) is 13.7 Å². The molecule has 6 nitrogen and oxygen atoms in total. The molecule has 2 heterocycles. The second kappa shape index (κ2) is 4.96. The number of nitrogens with zero attached hydrogens (tertiary/aromatic N) is 2. The molecule has 0 saturated carbocycles. The van der Waals surface area contributed by atoms with E-state index in [0.29, 0.717) is 12.4 Å². The summed E-state index contributed by atoms with van der Waals surface area (Å²) in [6, 6.07) is 1.82. The highest BCUT2D eigenvalue weighted by Crippen LogP contribution is 2.28. The van der Waals surface area contributed by atoms with Crippen LogP contribution in [0.1, 0.15) is 17.5 Å². The molecule has 2 aromatic rings. The van der Waals surface area contributed by atoms with E-state index < -0.39 is 5.97 Å². The Morgan fingerprint density at radius 2 is 2.41 bits per heavy atom. The van der Waals surface area contributed by atoms with E-state index in [-0.39, 0.29) is 5.82 Å². The van der Waals surface area contributed by atoms with Gasteiger partial charge in [0.05, 0.1) is 18.6 Å². The molecular weight excluding hydrogens is 242 g/mol. The molecule has 0 spiro atoms. The van der Waals surface area contributed by atoms with Crippen LogP contribution in [0.5, 0.6) is 5.75 Å². The van der Waals surface area contributed by atoms with Crippen molar-refractivity contribution in [2.24, 2.45) is 0 Å². The number of carbonyl (C=O) groups is 1. The van der Waals surface area contributed by atoms with Gasteiger partial charge in [0.2, 0.25) is 0 Å². The van der Waals surface area contributed by atoms with E-state index in [1.807, 2.05) is 11.4 Å². The third-order valence-electron chi connectivity index (χ3n) is 1.99. The highest BCUT2D eigenvalue weighted by Gasteiger charge is 2.15. The van der Waals surface area contributed by atoms with Gasteiger partial charge in [0.15, 0.2) is 5.82 Å². The summed E-state index contributed by atoms with van der Waals surface area (Å²) in [5.41, 5.74) is 0. The summed E-state index contributed by atoms with van der Waals surface area (Å²) < 4.78 is 9.86. The van der Waals surface area contributed by atoms with Crippen molar-refractivity contribution in [3.05, 3.63) is 17.3 Å². The zero-order chi connectivity index (χ0) is 12.3. The summed E-state index contributed by atoms with van der Waals surface area (Å²) in [5, 5.41) is 8.34. The van der Waals surface area contributed by atoms with Crippen LogP contribution < -0.4 is 4.74 Å². The Balaban J connectivity index is 2.20. The van der Waals surface area contributed by atoms with E-state index in [9.17, 15) is 4.79 Å². The van der Waals surface area contributed by atoms with E-state index in [2.05, 4.69) is 15.2 Å². The Bertz CT molecular complexity index is 520. The van der Waals surface area contributed by atoms with Gasteiger partial charge in [-0.05, 0) is 6.92 Å². The van der Waals surface area contributed by atoms with E-state index in [1.54, 1.807) is 14.0 Å². The Hall–Kier alpha value is -1.89. The maximum atomic E-state index is 11.4. The normalized spacial score (nSPS) is 10.2. The fraction of sp³-hybridized carbons (Fsp3) is 0.300. The van der Waals surface area contributed by atoms with Crippen LogP contribution in [0.2, 0.25) is 0 Å². The number of aromatic amines is 1. The summed E-state index contributed by atoms with van der Waals surface area (Å²) in [4.78, 5) is 16.3. The Kier molecular flexibility index (Phi) is 3.38. The average molecular weight is 253 g/mol. The third-order valence-corrected chi connectivity index (χ3v) is 2.90. The minimum Gasteiger partial charge on any atom is -0.496 e. The molecule has 2 aromatic heterocycles. The number of carbonyl (C=O) groups excluding carboxylic acids is 1. The predicted molar refractivity (Wildman–Crippen MR) is 62.2 cm³/mol. The predicted octanol–water partition coefficient (Wildman–Crippen LogP) is 1.72. The summed E-state index contributed by atoms with van der Waals surface area (Å²) in [5.74, 6) is 0.785. The highest BCUT2D eigenvalue weighted by atomic mass is 32.1. The second-order valence-electron chi connectivity index (χ2n) is 3.08. The molecule has 7 heteroatoms. The summed E-state index contributed by atoms with van der Waals surface area (Å²) >= 11 is 1.45. The molecule has 0 fully saturated rings. The topological polar surface area (TPSA) is 77.1 Å². The lowest BCUT2D eigenvalue weighted by Gasteiger charge is -1.94. The molecule has 0 amide bonds. The summed E-state index contributed by atoms with van der Waals surface area (Å²) in [6.45, 7) is 2.03. The van der Waals surface area contributed by atoms with Gasteiger partial charge in [0.1, 0.15) is 5.75 Å². The minimum atomic E-state index is -0.529. The molecule has 0 aliphatic heterocycles. The van der Waals surface area contributed by atoms with Crippen LogP contribution in [0.25, 0.3) is 10.7 Å². The molecule has 0 aromatic carbocycles. The molecule has 0 atom stereocenters. The first kappa shape index (κ1) is 11.6. The lowest BCUT2D eigenvalue weighted by molar-refractivity contribution is 0.0512. The zero-order valence-corrected chi connectivity index (χ0v) is 10.2. The van der Waals surface area contributed by atoms with E-state index in [1.165, 1.54) is 11.3 Å². The van der Waals surface area contributed by atoms with Crippen LogP contribution in [0.4, 0.5) is 0 Å². The number of hydrogen-bond donors (Lipinski definition) is 1. The summed E-state index contributed by atoms with van der Waals surface area (Å²) in [6.07, 6.45) is 0. The molecule has 17 heavy (non-hydrogen) atoms. The number of esters is 1. The monoisotopic (exact) mass is 253 g/mol. The smallest absolute Gasteiger partial charge is 0.378 e. The minimum absolute atomic E-state index is 0.0363. The van der Waals surface area contributed by atoms with E-state index in [4.69, 9.17) is 9.47 Å². The van der Waals surface area contributed by atoms with Crippen LogP contribution in [0, 0.1) is 0 Å². The Morgan fingerprint density at radius 3 is 3.06 bits per heavy atom. The van der Waals surface area contributed by atoms with Crippen molar-refractivity contribution in [3.8, 4) is 16.5 Å². The first-order chi connectivity index (χ1) is 8.24. The van der Waals surface area contributed by atoms with Crippen LogP contribution in [-0.2, 0) is 4.74 Å². The van der Waals surface area contributed by atoms with Crippen molar-refractivity contribution < 1.29 is 14.3 Å². The molecule has 2 rings (SSSR count). The summed E-state index contributed by atoms with van der Waals surface area (Å²) in [7, 11) is 1.59. The van der Waals surface area contributed by atoms with Crippen LogP contribution >= 0.6 is 11.3 Å². The third kappa shape index (κ3) is 2.44. The van der Waals surface area contributed by atoms with Gasteiger partial charge in [-0.3, -0.25) is 5.10 Å². The van der Waals surface area contributed by atoms with Gasteiger partial charge in [-0.1, -0.05) is 0 Å². The second-order valence-corrected chi connectivity index (χ2v) is 3.99. The standard InChI is InChI=1S/C10H11N3O3S/c1-3-16-10(14)9-11-8(12-13-9)7-4-6(15-2)5-17-7/h4-5H,3H2,1-2H3,(H,11,12,13). The van der Waals surface area contributed by atoms with Gasteiger partial charge >= 0.3 is 5.97 Å². The molecule has 0 aliphatic carbocycles. The molecule has 0 saturated heterocycles. The molecule has 0 bridgehead atoms. The van der Waals surface area contributed by atoms with Crippen LogP contribution in [0.15, 0.2) is 11.4 Å². The first-order valence-corrected chi connectivity index (χ1v) is 5.85. The maximum absolute atomic E-state index is 11.4. The van der Waals surface area contributed by atoms with Crippen LogP contribution in [0.3, 0.4) is 0 Å². The van der Waals surface area contributed by atoms with Crippen molar-refractivity contribution in [3.63, 3.8) is 0 Å². The molecule has 1 N–H and O–H groups in total. The fourth-order valence-corrected chi connectivity index (χ4v) is 2.00. The number of nitrogens with one attached hydrogen (secondary N) is 1. The van der Waals surface area contributed by atoms with Gasteiger partial charge in [0, 0.05) is 11.4 Å². The first-order valence-electron chi connectivity index (χ1n) is 4.97. The van der Waals surface area contributed by atoms with Crippen molar-refractivity contribution in [2.45, 2.75) is 6.92 Å². The molecule has 0 radical (unpaired) electrons. The van der Waals surface area contributed by atoms with Crippen molar-refractivity contribution in [1.29, 1.82) is 0 Å². The zero-order valence-electron chi connectivity index (χ0n) is 9.39. The lowest BCUT2D eigenvalue weighted by atomic mass is 10.4. The number of hydrogen-bond acceptors (Lipinski definition) is 6. The van der Waals surface area contributed by atoms with Crippen molar-refractivity contribution in [1.82, 2.24) is 15.2 Å². The average Bonchev–Trinajstić information content (AvgIpc) is 2.98. The number of H-pyrrole nitrogens is 1.